The Morgan fingerprint density at radius 3 is 1.91 bits per heavy atom. The van der Waals surface area contributed by atoms with Gasteiger partial charge in [-0.05, 0) is 71.1 Å². The normalized spacial score (nSPS) is 18.7. The van der Waals surface area contributed by atoms with Gasteiger partial charge in [0.25, 0.3) is 5.56 Å². The molecule has 1 aromatic heterocycles. The van der Waals surface area contributed by atoms with Gasteiger partial charge in [-0.3, -0.25) is 4.79 Å². The minimum atomic E-state index is -2.03. The minimum absolute atomic E-state index is 0.0118. The van der Waals surface area contributed by atoms with Crippen LogP contribution in [0.15, 0.2) is 53.3 Å². The molecule has 2 aliphatic rings. The number of hydrogen-bond acceptors (Lipinski definition) is 2. The Morgan fingerprint density at radius 2 is 1.37 bits per heavy atom. The lowest BCUT2D eigenvalue weighted by Gasteiger charge is -2.42. The lowest BCUT2D eigenvalue weighted by molar-refractivity contribution is 0.486. The molecule has 2 saturated carbocycles. The van der Waals surface area contributed by atoms with Crippen molar-refractivity contribution in [2.45, 2.75) is 102 Å². The summed E-state index contributed by atoms with van der Waals surface area (Å²) < 4.78 is 0. The highest BCUT2D eigenvalue weighted by Crippen LogP contribution is 2.63. The Balaban J connectivity index is 1.85. The summed E-state index contributed by atoms with van der Waals surface area (Å²) in [5.41, 5.74) is 5.96. The summed E-state index contributed by atoms with van der Waals surface area (Å²) in [5.74, 6) is 0. The zero-order valence-corrected chi connectivity index (χ0v) is 23.3. The largest absolute Gasteiger partial charge is 0.320 e. The molecule has 4 heteroatoms. The Hall–Kier alpha value is -1.70. The van der Waals surface area contributed by atoms with E-state index in [1.807, 2.05) is 6.07 Å². The summed E-state index contributed by atoms with van der Waals surface area (Å²) in [7, 11) is 0. The molecule has 2 fully saturated rings. The summed E-state index contributed by atoms with van der Waals surface area (Å²) >= 11 is 6.97. The van der Waals surface area contributed by atoms with E-state index in [0.29, 0.717) is 11.3 Å². The zero-order valence-electron chi connectivity index (χ0n) is 21.6. The summed E-state index contributed by atoms with van der Waals surface area (Å²) in [5, 5.41) is 1.87. The van der Waals surface area contributed by atoms with E-state index in [4.69, 9.17) is 11.8 Å². The van der Waals surface area contributed by atoms with Crippen LogP contribution < -0.4 is 11.0 Å². The van der Waals surface area contributed by atoms with Gasteiger partial charge in [0.1, 0.15) is 0 Å². The molecule has 1 heterocycles. The second-order valence-electron chi connectivity index (χ2n) is 11.8. The molecular formula is C31H40NOPS. The maximum Gasteiger partial charge on any atom is 0.256 e. The van der Waals surface area contributed by atoms with Crippen LogP contribution in [0, 0.1) is 0 Å². The topological polar surface area (TPSA) is 32.9 Å². The number of pyridine rings is 1. The number of aromatic nitrogens is 1. The zero-order chi connectivity index (χ0) is 24.6. The molecule has 35 heavy (non-hydrogen) atoms. The van der Waals surface area contributed by atoms with Crippen LogP contribution in [0.1, 0.15) is 90.5 Å². The second kappa shape index (κ2) is 9.98. The third-order valence-corrected chi connectivity index (χ3v) is 15.1. The van der Waals surface area contributed by atoms with Crippen LogP contribution >= 0.6 is 6.04 Å². The van der Waals surface area contributed by atoms with Crippen molar-refractivity contribution in [3.8, 4) is 11.1 Å². The van der Waals surface area contributed by atoms with Crippen LogP contribution in [0.5, 0.6) is 0 Å². The highest BCUT2D eigenvalue weighted by molar-refractivity contribution is 8.19. The molecule has 0 radical (unpaired) electrons. The van der Waals surface area contributed by atoms with Crippen molar-refractivity contribution in [3.63, 3.8) is 0 Å². The fourth-order valence-electron chi connectivity index (χ4n) is 6.53. The molecule has 2 nitrogen and oxygen atoms in total. The maximum absolute atomic E-state index is 13.7. The molecular weight excluding hydrogens is 465 g/mol. The monoisotopic (exact) mass is 505 g/mol. The van der Waals surface area contributed by atoms with Gasteiger partial charge in [-0.25, -0.2) is 0 Å². The number of benzene rings is 2. The average Bonchev–Trinajstić information content (AvgIpc) is 2.89. The molecule has 3 aromatic rings. The Kier molecular flexibility index (Phi) is 7.12. The van der Waals surface area contributed by atoms with Crippen LogP contribution in [0.3, 0.4) is 0 Å². The number of aromatic amines is 1. The van der Waals surface area contributed by atoms with Gasteiger partial charge in [0.05, 0.1) is 5.44 Å². The van der Waals surface area contributed by atoms with Gasteiger partial charge in [-0.2, -0.15) is 0 Å². The van der Waals surface area contributed by atoms with Crippen molar-refractivity contribution in [1.82, 2.24) is 4.98 Å². The molecule has 186 valence electrons. The first-order valence-electron chi connectivity index (χ1n) is 13.7. The number of rotatable bonds is 4. The third kappa shape index (κ3) is 4.72. The maximum atomic E-state index is 13.7. The standard InChI is InChI=1S/C31H40NOPS/c1-31(2,3)23-19-20-26-27(21-23)28(22-13-7-4-8-14-22)30(32-29(26)33)34(35,24-15-9-5-10-16-24)25-17-11-6-12-18-25/h4,7-8,13-14,19-21,24-25H,5-6,9-12,15-18H2,1-3H3,(H,32,33). The Labute approximate surface area is 215 Å². The van der Waals surface area contributed by atoms with Gasteiger partial charge in [-0.15, -0.1) is 0 Å². The van der Waals surface area contributed by atoms with Gasteiger partial charge in [0.15, 0.2) is 0 Å². The van der Waals surface area contributed by atoms with E-state index in [9.17, 15) is 4.79 Å². The summed E-state index contributed by atoms with van der Waals surface area (Å²) in [4.78, 5) is 17.2. The van der Waals surface area contributed by atoms with Gasteiger partial charge in [0, 0.05) is 17.0 Å². The van der Waals surface area contributed by atoms with E-state index >= 15 is 0 Å². The first kappa shape index (κ1) is 25.0. The van der Waals surface area contributed by atoms with Crippen molar-refractivity contribution in [3.05, 3.63) is 64.4 Å². The van der Waals surface area contributed by atoms with Crippen molar-refractivity contribution in [2.24, 2.45) is 0 Å². The fourth-order valence-corrected chi connectivity index (χ4v) is 12.7. The first-order chi connectivity index (χ1) is 16.8. The van der Waals surface area contributed by atoms with Crippen LogP contribution in [0.2, 0.25) is 0 Å². The number of hydrogen-bond donors (Lipinski definition) is 1. The van der Waals surface area contributed by atoms with Crippen molar-refractivity contribution >= 4 is 34.1 Å². The molecule has 0 amide bonds. The van der Waals surface area contributed by atoms with E-state index in [-0.39, 0.29) is 11.0 Å². The molecule has 0 aliphatic heterocycles. The van der Waals surface area contributed by atoms with Crippen molar-refractivity contribution < 1.29 is 0 Å². The smallest absolute Gasteiger partial charge is 0.256 e. The van der Waals surface area contributed by atoms with E-state index in [1.165, 1.54) is 80.9 Å². The molecule has 1 N–H and O–H groups in total. The third-order valence-electron chi connectivity index (χ3n) is 8.51. The van der Waals surface area contributed by atoms with Gasteiger partial charge >= 0.3 is 0 Å². The quantitative estimate of drug-likeness (QED) is 0.362. The highest BCUT2D eigenvalue weighted by atomic mass is 32.4. The van der Waals surface area contributed by atoms with E-state index in [1.54, 1.807) is 0 Å². The Bertz CT molecular complexity index is 1270. The number of H-pyrrole nitrogens is 1. The molecule has 2 aliphatic carbocycles. The summed E-state index contributed by atoms with van der Waals surface area (Å²) in [6.45, 7) is 6.75. The molecule has 0 spiro atoms. The molecule has 0 unspecified atom stereocenters. The highest BCUT2D eigenvalue weighted by Gasteiger charge is 2.41. The van der Waals surface area contributed by atoms with Crippen LogP contribution in [0.25, 0.3) is 21.9 Å². The van der Waals surface area contributed by atoms with Gasteiger partial charge < -0.3 is 4.98 Å². The molecule has 0 saturated heterocycles. The lowest BCUT2D eigenvalue weighted by atomic mass is 9.85. The van der Waals surface area contributed by atoms with Crippen LogP contribution in [-0.2, 0) is 17.2 Å². The van der Waals surface area contributed by atoms with E-state index in [0.717, 1.165) is 16.2 Å². The number of fused-ring (bicyclic) bond motifs is 1. The van der Waals surface area contributed by atoms with E-state index < -0.39 is 6.04 Å². The summed E-state index contributed by atoms with van der Waals surface area (Å²) in [6, 6.07) is 15.2. The Morgan fingerprint density at radius 1 is 0.800 bits per heavy atom. The lowest BCUT2D eigenvalue weighted by Crippen LogP contribution is -2.34. The van der Waals surface area contributed by atoms with Crippen molar-refractivity contribution in [2.75, 3.05) is 0 Å². The molecule has 5 rings (SSSR count). The van der Waals surface area contributed by atoms with Crippen LogP contribution in [-0.4, -0.2) is 16.3 Å². The van der Waals surface area contributed by atoms with Crippen LogP contribution in [0.4, 0.5) is 0 Å². The molecule has 2 aromatic carbocycles. The fraction of sp³-hybridized carbons (Fsp3) is 0.516. The van der Waals surface area contributed by atoms with Gasteiger partial charge in [0.2, 0.25) is 0 Å². The van der Waals surface area contributed by atoms with Crippen molar-refractivity contribution in [1.29, 1.82) is 0 Å². The predicted molar refractivity (Wildman–Crippen MR) is 156 cm³/mol. The summed E-state index contributed by atoms with van der Waals surface area (Å²) in [6.07, 6.45) is 12.7. The first-order valence-corrected chi connectivity index (χ1v) is 16.6. The average molecular weight is 506 g/mol. The molecule has 0 bridgehead atoms. The minimum Gasteiger partial charge on any atom is -0.320 e. The van der Waals surface area contributed by atoms with Gasteiger partial charge in [-0.1, -0.05) is 108 Å². The molecule has 0 atom stereocenters. The number of nitrogens with one attached hydrogen (secondary N) is 1. The van der Waals surface area contributed by atoms with E-state index in [2.05, 4.69) is 68.2 Å². The predicted octanol–water partition coefficient (Wildman–Crippen LogP) is 8.26. The SMILES string of the molecule is CC(C)(C)c1ccc2c(=O)[nH]c(P(=S)(C3CCCCC3)C3CCCCC3)c(-c3ccccc3)c2c1. The second-order valence-corrected chi connectivity index (χ2v) is 17.0.